The Labute approximate surface area is 181 Å². The maximum Gasteiger partial charge on any atom is 0.223 e. The summed E-state index contributed by atoms with van der Waals surface area (Å²) in [4.78, 5) is 15.5. The van der Waals surface area contributed by atoms with Gasteiger partial charge in [0.2, 0.25) is 5.91 Å². The fourth-order valence-electron chi connectivity index (χ4n) is 5.06. The molecule has 160 valence electrons. The van der Waals surface area contributed by atoms with Gasteiger partial charge in [-0.1, -0.05) is 49.4 Å². The molecule has 1 fully saturated rings. The minimum Gasteiger partial charge on any atom is -0.349 e. The number of nitrogens with one attached hydrogen (secondary N) is 1. The molecule has 4 rings (SSSR count). The number of fused-ring (bicyclic) bond motifs is 1. The lowest BCUT2D eigenvalue weighted by Crippen LogP contribution is -2.41. The minimum atomic E-state index is 0.134. The molecule has 0 spiro atoms. The third-order valence-corrected chi connectivity index (χ3v) is 7.11. The molecule has 1 saturated heterocycles. The topological polar surface area (TPSA) is 32.3 Å². The Bertz CT molecular complexity index is 867. The SMILES string of the molecule is CC[C@H](NC(=O)C1CCN(Cc2ccccc2C)CC1)c1ccc2c(c1)CCCC2. The molecule has 0 saturated carbocycles. The number of nitrogens with zero attached hydrogens (tertiary/aromatic N) is 1. The zero-order chi connectivity index (χ0) is 20.9. The summed E-state index contributed by atoms with van der Waals surface area (Å²) >= 11 is 0. The highest BCUT2D eigenvalue weighted by Gasteiger charge is 2.27. The Hall–Kier alpha value is -2.13. The number of hydrogen-bond acceptors (Lipinski definition) is 2. The average Bonchev–Trinajstić information content (AvgIpc) is 2.79. The van der Waals surface area contributed by atoms with Crippen LogP contribution in [0, 0.1) is 12.8 Å². The molecule has 1 aliphatic carbocycles. The van der Waals surface area contributed by atoms with Crippen LogP contribution in [0.1, 0.15) is 72.9 Å². The molecule has 1 aliphatic heterocycles. The molecule has 3 nitrogen and oxygen atoms in total. The third-order valence-electron chi connectivity index (χ3n) is 7.11. The maximum atomic E-state index is 13.0. The molecular formula is C27H36N2O. The smallest absolute Gasteiger partial charge is 0.223 e. The van der Waals surface area contributed by atoms with E-state index in [4.69, 9.17) is 0 Å². The van der Waals surface area contributed by atoms with Gasteiger partial charge < -0.3 is 5.32 Å². The van der Waals surface area contributed by atoms with Gasteiger partial charge in [0.05, 0.1) is 6.04 Å². The quantitative estimate of drug-likeness (QED) is 0.703. The van der Waals surface area contributed by atoms with Crippen molar-refractivity contribution in [3.63, 3.8) is 0 Å². The van der Waals surface area contributed by atoms with E-state index in [0.29, 0.717) is 0 Å². The summed E-state index contributed by atoms with van der Waals surface area (Å²) in [6.07, 6.45) is 7.85. The molecule has 2 aromatic carbocycles. The van der Waals surface area contributed by atoms with Gasteiger partial charge in [0.15, 0.2) is 0 Å². The summed E-state index contributed by atoms with van der Waals surface area (Å²) < 4.78 is 0. The molecule has 0 bridgehead atoms. The van der Waals surface area contributed by atoms with Crippen molar-refractivity contribution in [3.05, 3.63) is 70.3 Å². The summed E-state index contributed by atoms with van der Waals surface area (Å²) in [5.74, 6) is 0.389. The van der Waals surface area contributed by atoms with E-state index in [2.05, 4.69) is 66.5 Å². The van der Waals surface area contributed by atoms with E-state index in [1.165, 1.54) is 53.5 Å². The number of carbonyl (C=O) groups excluding carboxylic acids is 1. The lowest BCUT2D eigenvalue weighted by molar-refractivity contribution is -0.127. The van der Waals surface area contributed by atoms with Crippen molar-refractivity contribution in [1.29, 1.82) is 0 Å². The Morgan fingerprint density at radius 3 is 2.53 bits per heavy atom. The van der Waals surface area contributed by atoms with Crippen LogP contribution in [-0.4, -0.2) is 23.9 Å². The zero-order valence-electron chi connectivity index (χ0n) is 18.6. The van der Waals surface area contributed by atoms with E-state index in [1.54, 1.807) is 0 Å². The van der Waals surface area contributed by atoms with Crippen LogP contribution >= 0.6 is 0 Å². The van der Waals surface area contributed by atoms with Gasteiger partial charge in [0.25, 0.3) is 0 Å². The second-order valence-electron chi connectivity index (χ2n) is 9.18. The Balaban J connectivity index is 1.32. The number of likely N-dealkylation sites (tertiary alicyclic amines) is 1. The number of piperidine rings is 1. The first-order chi connectivity index (χ1) is 14.6. The number of benzene rings is 2. The van der Waals surface area contributed by atoms with Gasteiger partial charge in [0.1, 0.15) is 0 Å². The Morgan fingerprint density at radius 2 is 1.80 bits per heavy atom. The van der Waals surface area contributed by atoms with Crippen LogP contribution in [0.4, 0.5) is 0 Å². The monoisotopic (exact) mass is 404 g/mol. The van der Waals surface area contributed by atoms with Crippen LogP contribution in [-0.2, 0) is 24.2 Å². The van der Waals surface area contributed by atoms with Crippen LogP contribution < -0.4 is 5.32 Å². The highest BCUT2D eigenvalue weighted by molar-refractivity contribution is 5.79. The van der Waals surface area contributed by atoms with E-state index < -0.39 is 0 Å². The molecule has 2 aromatic rings. The van der Waals surface area contributed by atoms with Crippen molar-refractivity contribution < 1.29 is 4.79 Å². The van der Waals surface area contributed by atoms with Gasteiger partial charge in [0, 0.05) is 12.5 Å². The highest BCUT2D eigenvalue weighted by Crippen LogP contribution is 2.27. The molecule has 1 amide bonds. The van der Waals surface area contributed by atoms with Crippen LogP contribution in [0.25, 0.3) is 0 Å². The first-order valence-corrected chi connectivity index (χ1v) is 11.8. The fraction of sp³-hybridized carbons (Fsp3) is 0.519. The zero-order valence-corrected chi connectivity index (χ0v) is 18.6. The first kappa shape index (κ1) is 21.1. The second-order valence-corrected chi connectivity index (χ2v) is 9.18. The average molecular weight is 405 g/mol. The molecule has 3 heteroatoms. The molecular weight excluding hydrogens is 368 g/mol. The standard InChI is InChI=1S/C27H36N2O/c1-3-26(24-13-12-21-9-6-7-10-23(21)18-24)28-27(30)22-14-16-29(17-15-22)19-25-11-5-4-8-20(25)2/h4-5,8,11-13,18,22,26H,3,6-7,9-10,14-17,19H2,1-2H3,(H,28,30)/t26-/m0/s1. The fourth-order valence-corrected chi connectivity index (χ4v) is 5.06. The largest absolute Gasteiger partial charge is 0.349 e. The van der Waals surface area contributed by atoms with Crippen molar-refractivity contribution in [2.75, 3.05) is 13.1 Å². The van der Waals surface area contributed by atoms with Crippen molar-refractivity contribution in [3.8, 4) is 0 Å². The van der Waals surface area contributed by atoms with Crippen LogP contribution in [0.3, 0.4) is 0 Å². The lowest BCUT2D eigenvalue weighted by Gasteiger charge is -2.32. The van der Waals surface area contributed by atoms with Crippen molar-refractivity contribution >= 4 is 5.91 Å². The van der Waals surface area contributed by atoms with Crippen molar-refractivity contribution in [2.45, 2.75) is 71.4 Å². The van der Waals surface area contributed by atoms with Gasteiger partial charge in [-0.25, -0.2) is 0 Å². The summed E-state index contributed by atoms with van der Waals surface area (Å²) in [5.41, 5.74) is 7.04. The number of hydrogen-bond donors (Lipinski definition) is 1. The molecule has 30 heavy (non-hydrogen) atoms. The molecule has 0 aromatic heterocycles. The first-order valence-electron chi connectivity index (χ1n) is 11.8. The number of aryl methyl sites for hydroxylation is 3. The molecule has 1 N–H and O–H groups in total. The lowest BCUT2D eigenvalue weighted by atomic mass is 9.88. The van der Waals surface area contributed by atoms with E-state index in [1.807, 2.05) is 0 Å². The van der Waals surface area contributed by atoms with E-state index >= 15 is 0 Å². The normalized spacial score (nSPS) is 18.6. The third kappa shape index (κ3) is 4.95. The van der Waals surface area contributed by atoms with Gasteiger partial charge >= 0.3 is 0 Å². The van der Waals surface area contributed by atoms with Gasteiger partial charge in [-0.15, -0.1) is 0 Å². The summed E-state index contributed by atoms with van der Waals surface area (Å²) in [7, 11) is 0. The molecule has 2 aliphatic rings. The Morgan fingerprint density at radius 1 is 1.07 bits per heavy atom. The van der Waals surface area contributed by atoms with Crippen molar-refractivity contribution in [2.24, 2.45) is 5.92 Å². The van der Waals surface area contributed by atoms with Gasteiger partial charge in [-0.2, -0.15) is 0 Å². The molecule has 1 heterocycles. The minimum absolute atomic E-state index is 0.134. The summed E-state index contributed by atoms with van der Waals surface area (Å²) in [6.45, 7) is 7.36. The highest BCUT2D eigenvalue weighted by atomic mass is 16.1. The molecule has 1 atom stereocenters. The molecule has 0 unspecified atom stereocenters. The second kappa shape index (κ2) is 9.78. The van der Waals surface area contributed by atoms with Crippen LogP contribution in [0.15, 0.2) is 42.5 Å². The molecule has 0 radical (unpaired) electrons. The summed E-state index contributed by atoms with van der Waals surface area (Å²) in [6, 6.07) is 15.6. The van der Waals surface area contributed by atoms with Crippen molar-refractivity contribution in [1.82, 2.24) is 10.2 Å². The number of amides is 1. The van der Waals surface area contributed by atoms with E-state index in [0.717, 1.165) is 38.9 Å². The van der Waals surface area contributed by atoms with Gasteiger partial charge in [-0.05, 0) is 92.8 Å². The number of carbonyl (C=O) groups is 1. The summed E-state index contributed by atoms with van der Waals surface area (Å²) in [5, 5.41) is 3.38. The predicted molar refractivity (Wildman–Crippen MR) is 123 cm³/mol. The van der Waals surface area contributed by atoms with Gasteiger partial charge in [-0.3, -0.25) is 9.69 Å². The van der Waals surface area contributed by atoms with Crippen LogP contribution in [0.2, 0.25) is 0 Å². The predicted octanol–water partition coefficient (Wildman–Crippen LogP) is 5.35. The van der Waals surface area contributed by atoms with E-state index in [-0.39, 0.29) is 17.9 Å². The van der Waals surface area contributed by atoms with E-state index in [9.17, 15) is 4.79 Å². The van der Waals surface area contributed by atoms with Crippen LogP contribution in [0.5, 0.6) is 0 Å². The maximum absolute atomic E-state index is 13.0. The number of rotatable bonds is 6. The Kier molecular flexibility index (Phi) is 6.89.